The smallest absolute Gasteiger partial charge is 0.254 e. The molecule has 1 N–H and O–H groups in total. The van der Waals surface area contributed by atoms with E-state index in [9.17, 15) is 18.3 Å². The number of aliphatic hydroxyl groups is 1. The molecule has 0 unspecified atom stereocenters. The van der Waals surface area contributed by atoms with E-state index in [1.54, 1.807) is 4.90 Å². The molecule has 1 fully saturated rings. The highest BCUT2D eigenvalue weighted by atomic mass is 32.2. The van der Waals surface area contributed by atoms with Gasteiger partial charge in [-0.1, -0.05) is 30.3 Å². The van der Waals surface area contributed by atoms with Crippen molar-refractivity contribution in [2.45, 2.75) is 18.1 Å². The fraction of sp³-hybridized carbons (Fsp3) is 0.235. The van der Waals surface area contributed by atoms with Crippen LogP contribution in [0.1, 0.15) is 17.7 Å². The summed E-state index contributed by atoms with van der Waals surface area (Å²) in [6, 6.07) is 12.2. The topological polar surface area (TPSA) is 87.8 Å². The minimum atomic E-state index is -3.50. The first-order chi connectivity index (χ1) is 11.4. The molecule has 1 saturated heterocycles. The Kier molecular flexibility index (Phi) is 4.19. The number of aliphatic hydroxyl groups excluding tert-OH is 1. The van der Waals surface area contributed by atoms with Crippen LogP contribution in [0.3, 0.4) is 0 Å². The van der Waals surface area contributed by atoms with E-state index in [1.165, 1.54) is 12.1 Å². The maximum absolute atomic E-state index is 12.5. The molecule has 126 valence electrons. The first-order valence-corrected chi connectivity index (χ1v) is 9.31. The summed E-state index contributed by atoms with van der Waals surface area (Å²) in [5.74, 6) is -0.584. The number of benzene rings is 1. The van der Waals surface area contributed by atoms with Gasteiger partial charge in [0, 0.05) is 19.3 Å². The van der Waals surface area contributed by atoms with Gasteiger partial charge in [0.25, 0.3) is 5.91 Å². The van der Waals surface area contributed by atoms with Crippen LogP contribution >= 0.6 is 0 Å². The number of carbonyl (C=O) groups is 1. The molecule has 1 aromatic heterocycles. The van der Waals surface area contributed by atoms with E-state index in [-0.39, 0.29) is 28.1 Å². The molecule has 1 aliphatic heterocycles. The number of nitrogens with zero attached hydrogens (tertiary/aromatic N) is 1. The number of likely N-dealkylation sites (tertiary alicyclic amines) is 1. The van der Waals surface area contributed by atoms with Gasteiger partial charge in [0.05, 0.1) is 5.57 Å². The van der Waals surface area contributed by atoms with E-state index in [0.717, 1.165) is 11.8 Å². The highest BCUT2D eigenvalue weighted by Crippen LogP contribution is 2.28. The molecular formula is C17H17NO5S. The molecule has 3 rings (SSSR count). The summed E-state index contributed by atoms with van der Waals surface area (Å²) in [4.78, 5) is 14.1. The van der Waals surface area contributed by atoms with Crippen molar-refractivity contribution < 1.29 is 22.7 Å². The minimum absolute atomic E-state index is 0.0136. The van der Waals surface area contributed by atoms with E-state index in [1.807, 2.05) is 30.3 Å². The number of amides is 1. The lowest BCUT2D eigenvalue weighted by molar-refractivity contribution is -0.125. The molecule has 2 aromatic rings. The van der Waals surface area contributed by atoms with E-state index in [0.29, 0.717) is 19.5 Å². The van der Waals surface area contributed by atoms with Gasteiger partial charge in [-0.25, -0.2) is 8.42 Å². The standard InChI is InChI=1S/C17H17NO5S/c1-24(21,22)15-8-7-14(23-15)16(19)13-9-10-18(17(13)20)11-12-5-3-2-4-6-12/h2-8,19H,9-11H2,1H3. The van der Waals surface area contributed by atoms with Crippen molar-refractivity contribution in [2.24, 2.45) is 0 Å². The summed E-state index contributed by atoms with van der Waals surface area (Å²) < 4.78 is 28.0. The highest BCUT2D eigenvalue weighted by Gasteiger charge is 2.30. The van der Waals surface area contributed by atoms with Gasteiger partial charge < -0.3 is 14.4 Å². The molecule has 6 nitrogen and oxygen atoms in total. The molecule has 1 aromatic carbocycles. The SMILES string of the molecule is CS(=O)(=O)c1ccc(C(O)=C2CCN(Cc3ccccc3)C2=O)o1. The van der Waals surface area contributed by atoms with Crippen molar-refractivity contribution in [1.82, 2.24) is 4.90 Å². The second kappa shape index (κ2) is 6.16. The fourth-order valence-corrected chi connectivity index (χ4v) is 3.17. The average molecular weight is 347 g/mol. The summed E-state index contributed by atoms with van der Waals surface area (Å²) in [5, 5.41) is 10.1. The monoisotopic (exact) mass is 347 g/mol. The van der Waals surface area contributed by atoms with E-state index < -0.39 is 9.84 Å². The Hall–Kier alpha value is -2.54. The maximum Gasteiger partial charge on any atom is 0.254 e. The van der Waals surface area contributed by atoms with Gasteiger partial charge in [-0.3, -0.25) is 4.79 Å². The lowest BCUT2D eigenvalue weighted by Gasteiger charge is -2.15. The van der Waals surface area contributed by atoms with Crippen LogP contribution in [0, 0.1) is 0 Å². The quantitative estimate of drug-likeness (QED) is 0.678. The summed E-state index contributed by atoms with van der Waals surface area (Å²) in [6.45, 7) is 0.954. The van der Waals surface area contributed by atoms with Crippen LogP contribution in [0.25, 0.3) is 5.76 Å². The zero-order valence-electron chi connectivity index (χ0n) is 13.1. The molecule has 0 aliphatic carbocycles. The summed E-state index contributed by atoms with van der Waals surface area (Å²) in [6.07, 6.45) is 1.40. The molecule has 2 heterocycles. The lowest BCUT2D eigenvalue weighted by Crippen LogP contribution is -2.24. The Morgan fingerprint density at radius 1 is 1.21 bits per heavy atom. The predicted molar refractivity (Wildman–Crippen MR) is 87.8 cm³/mol. The molecule has 7 heteroatoms. The van der Waals surface area contributed by atoms with Crippen molar-refractivity contribution in [2.75, 3.05) is 12.8 Å². The van der Waals surface area contributed by atoms with Crippen molar-refractivity contribution in [1.29, 1.82) is 0 Å². The number of furan rings is 1. The molecule has 1 amide bonds. The molecule has 0 atom stereocenters. The van der Waals surface area contributed by atoms with Crippen LogP contribution in [0.5, 0.6) is 0 Å². The van der Waals surface area contributed by atoms with Crippen LogP contribution in [0.4, 0.5) is 0 Å². The van der Waals surface area contributed by atoms with Gasteiger partial charge in [-0.2, -0.15) is 0 Å². The van der Waals surface area contributed by atoms with Gasteiger partial charge in [-0.15, -0.1) is 0 Å². The van der Waals surface area contributed by atoms with Gasteiger partial charge in [0.1, 0.15) is 0 Å². The van der Waals surface area contributed by atoms with E-state index in [2.05, 4.69) is 0 Å². The van der Waals surface area contributed by atoms with Crippen LogP contribution in [-0.2, 0) is 21.2 Å². The van der Waals surface area contributed by atoms with E-state index >= 15 is 0 Å². The normalized spacial score (nSPS) is 17.4. The number of sulfone groups is 1. The molecule has 0 spiro atoms. The third-order valence-electron chi connectivity index (χ3n) is 3.86. The average Bonchev–Trinajstić information content (AvgIpc) is 3.16. The number of hydrogen-bond acceptors (Lipinski definition) is 5. The molecule has 0 saturated carbocycles. The van der Waals surface area contributed by atoms with Crippen LogP contribution in [0.2, 0.25) is 0 Å². The van der Waals surface area contributed by atoms with Crippen molar-refractivity contribution >= 4 is 21.5 Å². The molecular weight excluding hydrogens is 330 g/mol. The Morgan fingerprint density at radius 2 is 1.92 bits per heavy atom. The molecule has 0 bridgehead atoms. The third-order valence-corrected chi connectivity index (χ3v) is 4.81. The largest absolute Gasteiger partial charge is 0.504 e. The Morgan fingerprint density at radius 3 is 2.54 bits per heavy atom. The number of rotatable bonds is 4. The molecule has 24 heavy (non-hydrogen) atoms. The second-order valence-corrected chi connectivity index (χ2v) is 7.63. The molecule has 1 aliphatic rings. The zero-order valence-corrected chi connectivity index (χ0v) is 13.9. The first kappa shape index (κ1) is 16.3. The lowest BCUT2D eigenvalue weighted by atomic mass is 10.1. The Bertz CT molecular complexity index is 896. The van der Waals surface area contributed by atoms with Gasteiger partial charge >= 0.3 is 0 Å². The highest BCUT2D eigenvalue weighted by molar-refractivity contribution is 7.90. The summed E-state index contributed by atoms with van der Waals surface area (Å²) in [5.41, 5.74) is 1.24. The fourth-order valence-electron chi connectivity index (χ4n) is 2.62. The minimum Gasteiger partial charge on any atom is -0.504 e. The van der Waals surface area contributed by atoms with Crippen LogP contribution in [-0.4, -0.2) is 37.1 Å². The van der Waals surface area contributed by atoms with Crippen molar-refractivity contribution in [3.63, 3.8) is 0 Å². The van der Waals surface area contributed by atoms with Gasteiger partial charge in [-0.05, 0) is 24.1 Å². The maximum atomic E-state index is 12.5. The van der Waals surface area contributed by atoms with Crippen molar-refractivity contribution in [3.8, 4) is 0 Å². The second-order valence-electron chi connectivity index (χ2n) is 5.68. The number of carbonyl (C=O) groups excluding carboxylic acids is 1. The van der Waals surface area contributed by atoms with Gasteiger partial charge in [0.2, 0.25) is 14.9 Å². The Labute approximate surface area is 139 Å². The third kappa shape index (κ3) is 3.21. The summed E-state index contributed by atoms with van der Waals surface area (Å²) in [7, 11) is -3.50. The zero-order chi connectivity index (χ0) is 17.3. The van der Waals surface area contributed by atoms with Gasteiger partial charge in [0.15, 0.2) is 11.5 Å². The number of hydrogen-bond donors (Lipinski definition) is 1. The van der Waals surface area contributed by atoms with Crippen LogP contribution in [0.15, 0.2) is 57.5 Å². The summed E-state index contributed by atoms with van der Waals surface area (Å²) >= 11 is 0. The van der Waals surface area contributed by atoms with E-state index in [4.69, 9.17) is 4.42 Å². The van der Waals surface area contributed by atoms with Crippen LogP contribution < -0.4 is 0 Å². The van der Waals surface area contributed by atoms with Crippen molar-refractivity contribution in [3.05, 3.63) is 59.4 Å². The first-order valence-electron chi connectivity index (χ1n) is 7.42. The predicted octanol–water partition coefficient (Wildman–Crippen LogP) is 2.38. The molecule has 0 radical (unpaired) electrons. The Balaban J connectivity index is 1.83.